The van der Waals surface area contributed by atoms with Crippen molar-refractivity contribution in [3.05, 3.63) is 11.8 Å². The van der Waals surface area contributed by atoms with Crippen LogP contribution in [0.3, 0.4) is 0 Å². The Hall–Kier alpha value is -1.45. The number of methoxy groups -OCH3 is 1. The van der Waals surface area contributed by atoms with Gasteiger partial charge in [-0.25, -0.2) is 17.9 Å². The summed E-state index contributed by atoms with van der Waals surface area (Å²) in [4.78, 5) is 11.6. The van der Waals surface area contributed by atoms with Crippen LogP contribution in [0, 0.1) is 0 Å². The van der Waals surface area contributed by atoms with Gasteiger partial charge in [-0.2, -0.15) is 5.10 Å². The molecule has 0 saturated heterocycles. The Kier molecular flexibility index (Phi) is 5.45. The minimum Gasteiger partial charge on any atom is -0.462 e. The third-order valence-corrected chi connectivity index (χ3v) is 3.73. The van der Waals surface area contributed by atoms with E-state index in [1.165, 1.54) is 7.11 Å². The number of H-pyrrole nitrogens is 1. The lowest BCUT2D eigenvalue weighted by Gasteiger charge is -2.11. The quantitative estimate of drug-likeness (QED) is 0.679. The number of aromatic amines is 1. The average molecular weight is 291 g/mol. The molecule has 19 heavy (non-hydrogen) atoms. The van der Waals surface area contributed by atoms with E-state index in [1.807, 2.05) is 0 Å². The van der Waals surface area contributed by atoms with Gasteiger partial charge in [-0.05, 0) is 13.8 Å². The van der Waals surface area contributed by atoms with Gasteiger partial charge in [0.2, 0.25) is 0 Å². The molecule has 1 heterocycles. The van der Waals surface area contributed by atoms with Gasteiger partial charge in [-0.3, -0.25) is 5.10 Å². The third kappa shape index (κ3) is 4.01. The molecule has 0 aromatic carbocycles. The summed E-state index contributed by atoms with van der Waals surface area (Å²) >= 11 is 0. The van der Waals surface area contributed by atoms with Crippen LogP contribution in [0.25, 0.3) is 0 Å². The lowest BCUT2D eigenvalue weighted by molar-refractivity contribution is 0.0522. The number of nitrogens with one attached hydrogen (secondary N) is 2. The van der Waals surface area contributed by atoms with Crippen molar-refractivity contribution in [3.8, 4) is 0 Å². The van der Waals surface area contributed by atoms with Crippen molar-refractivity contribution in [1.82, 2.24) is 14.9 Å². The highest BCUT2D eigenvalue weighted by Crippen LogP contribution is 2.13. The highest BCUT2D eigenvalue weighted by Gasteiger charge is 2.25. The Labute approximate surface area is 111 Å². The number of nitrogens with zero attached hydrogens (tertiary/aromatic N) is 1. The van der Waals surface area contributed by atoms with Gasteiger partial charge in [0.15, 0.2) is 5.03 Å². The summed E-state index contributed by atoms with van der Waals surface area (Å²) < 4.78 is 36.0. The fourth-order valence-electron chi connectivity index (χ4n) is 1.22. The normalized spacial score (nSPS) is 13.2. The van der Waals surface area contributed by atoms with Crippen molar-refractivity contribution in [2.24, 2.45) is 0 Å². The van der Waals surface area contributed by atoms with E-state index in [-0.39, 0.29) is 29.8 Å². The molecule has 1 rings (SSSR count). The zero-order chi connectivity index (χ0) is 14.5. The van der Waals surface area contributed by atoms with Gasteiger partial charge >= 0.3 is 5.97 Å². The Bertz CT molecular complexity index is 525. The number of carbonyl (C=O) groups excluding carboxylic acids is 1. The maximum Gasteiger partial charge on any atom is 0.342 e. The van der Waals surface area contributed by atoms with Crippen LogP contribution in [-0.2, 0) is 19.5 Å². The second kappa shape index (κ2) is 6.64. The Morgan fingerprint density at radius 2 is 2.26 bits per heavy atom. The molecule has 1 aromatic heterocycles. The first-order valence-electron chi connectivity index (χ1n) is 5.65. The summed E-state index contributed by atoms with van der Waals surface area (Å²) in [7, 11) is -2.39. The number of rotatable bonds is 7. The van der Waals surface area contributed by atoms with Gasteiger partial charge in [-0.1, -0.05) is 0 Å². The van der Waals surface area contributed by atoms with E-state index in [9.17, 15) is 13.2 Å². The van der Waals surface area contributed by atoms with Crippen molar-refractivity contribution in [2.75, 3.05) is 20.3 Å². The van der Waals surface area contributed by atoms with Crippen LogP contribution in [0.5, 0.6) is 0 Å². The van der Waals surface area contributed by atoms with Crippen molar-refractivity contribution >= 4 is 16.0 Å². The molecule has 1 unspecified atom stereocenters. The lowest BCUT2D eigenvalue weighted by atomic mass is 10.4. The second-order valence-corrected chi connectivity index (χ2v) is 5.44. The molecule has 2 N–H and O–H groups in total. The molecule has 108 valence electrons. The van der Waals surface area contributed by atoms with E-state index in [0.717, 1.165) is 6.20 Å². The maximum absolute atomic E-state index is 12.0. The molecule has 1 aromatic rings. The number of ether oxygens (including phenoxy) is 2. The Morgan fingerprint density at radius 3 is 2.84 bits per heavy atom. The first-order chi connectivity index (χ1) is 8.92. The lowest BCUT2D eigenvalue weighted by Crippen LogP contribution is -2.32. The molecular formula is C10H17N3O5S. The molecule has 0 amide bonds. The van der Waals surface area contributed by atoms with Crippen LogP contribution < -0.4 is 4.72 Å². The molecule has 0 saturated carbocycles. The van der Waals surface area contributed by atoms with Crippen molar-refractivity contribution in [2.45, 2.75) is 25.0 Å². The summed E-state index contributed by atoms with van der Waals surface area (Å²) in [6.45, 7) is 3.57. The average Bonchev–Trinajstić information content (AvgIpc) is 2.86. The van der Waals surface area contributed by atoms with Crippen LogP contribution in [0.15, 0.2) is 11.2 Å². The smallest absolute Gasteiger partial charge is 0.342 e. The maximum atomic E-state index is 12.0. The SMILES string of the molecule is CCOC(=O)c1cn[nH]c1S(=O)(=O)NCC(C)OC. The molecule has 0 fully saturated rings. The van der Waals surface area contributed by atoms with E-state index in [2.05, 4.69) is 14.9 Å². The summed E-state index contributed by atoms with van der Waals surface area (Å²) in [5, 5.41) is 5.54. The molecule has 0 bridgehead atoms. The van der Waals surface area contributed by atoms with Gasteiger partial charge in [-0.15, -0.1) is 0 Å². The predicted molar refractivity (Wildman–Crippen MR) is 66.2 cm³/mol. The Morgan fingerprint density at radius 1 is 1.58 bits per heavy atom. The van der Waals surface area contributed by atoms with Crippen LogP contribution in [0.4, 0.5) is 0 Å². The van der Waals surface area contributed by atoms with Crippen LogP contribution in [0.1, 0.15) is 24.2 Å². The minimum atomic E-state index is -3.86. The monoisotopic (exact) mass is 291 g/mol. The topological polar surface area (TPSA) is 110 Å². The first-order valence-corrected chi connectivity index (χ1v) is 7.13. The first kappa shape index (κ1) is 15.6. The summed E-state index contributed by atoms with van der Waals surface area (Å²) in [6, 6.07) is 0. The predicted octanol–water partition coefficient (Wildman–Crippen LogP) is -0.100. The zero-order valence-corrected chi connectivity index (χ0v) is 11.8. The van der Waals surface area contributed by atoms with E-state index >= 15 is 0 Å². The number of carbonyl (C=O) groups is 1. The molecule has 0 aliphatic heterocycles. The molecule has 9 heteroatoms. The zero-order valence-electron chi connectivity index (χ0n) is 11.0. The highest BCUT2D eigenvalue weighted by atomic mass is 32.2. The molecule has 0 spiro atoms. The fraction of sp³-hybridized carbons (Fsp3) is 0.600. The number of sulfonamides is 1. The summed E-state index contributed by atoms with van der Waals surface area (Å²) in [5.41, 5.74) is -0.126. The highest BCUT2D eigenvalue weighted by molar-refractivity contribution is 7.89. The number of hydrogen-bond donors (Lipinski definition) is 2. The molecular weight excluding hydrogens is 274 g/mol. The minimum absolute atomic E-state index is 0.0835. The number of aromatic nitrogens is 2. The van der Waals surface area contributed by atoms with Gasteiger partial charge in [0.1, 0.15) is 5.56 Å². The van der Waals surface area contributed by atoms with Crippen molar-refractivity contribution in [3.63, 3.8) is 0 Å². The third-order valence-electron chi connectivity index (χ3n) is 2.33. The van der Waals surface area contributed by atoms with E-state index in [4.69, 9.17) is 9.47 Å². The summed E-state index contributed by atoms with van der Waals surface area (Å²) in [6.07, 6.45) is 0.829. The van der Waals surface area contributed by atoms with E-state index in [1.54, 1.807) is 13.8 Å². The molecule has 1 atom stereocenters. The second-order valence-electron chi connectivity index (χ2n) is 3.73. The molecule has 0 aliphatic rings. The van der Waals surface area contributed by atoms with Gasteiger partial charge in [0.05, 0.1) is 18.9 Å². The number of esters is 1. The molecule has 0 aliphatic carbocycles. The largest absolute Gasteiger partial charge is 0.462 e. The van der Waals surface area contributed by atoms with Gasteiger partial charge in [0.25, 0.3) is 10.0 Å². The van der Waals surface area contributed by atoms with E-state index in [0.29, 0.717) is 0 Å². The fourth-order valence-corrected chi connectivity index (χ4v) is 2.41. The van der Waals surface area contributed by atoms with Crippen molar-refractivity contribution < 1.29 is 22.7 Å². The number of hydrogen-bond acceptors (Lipinski definition) is 6. The van der Waals surface area contributed by atoms with Crippen LogP contribution in [-0.4, -0.2) is 50.9 Å². The standard InChI is InChI=1S/C10H17N3O5S/c1-4-18-10(14)8-6-11-13-9(8)19(15,16)12-5-7(2)17-3/h6-7,12H,4-5H2,1-3H3,(H,11,13). The van der Waals surface area contributed by atoms with Crippen LogP contribution >= 0.6 is 0 Å². The van der Waals surface area contributed by atoms with Crippen molar-refractivity contribution in [1.29, 1.82) is 0 Å². The Balaban J connectivity index is 2.90. The summed E-state index contributed by atoms with van der Waals surface area (Å²) in [5.74, 6) is -0.739. The molecule has 8 nitrogen and oxygen atoms in total. The van der Waals surface area contributed by atoms with Gasteiger partial charge < -0.3 is 9.47 Å². The van der Waals surface area contributed by atoms with E-state index < -0.39 is 16.0 Å². The van der Waals surface area contributed by atoms with Crippen LogP contribution in [0.2, 0.25) is 0 Å². The molecule has 0 radical (unpaired) electrons. The van der Waals surface area contributed by atoms with Gasteiger partial charge in [0, 0.05) is 13.7 Å².